The van der Waals surface area contributed by atoms with Gasteiger partial charge in [-0.05, 0) is 19.4 Å². The molecule has 0 saturated carbocycles. The van der Waals surface area contributed by atoms with Gasteiger partial charge in [0.15, 0.2) is 0 Å². The standard InChI is InChI=1S/C10H11N3O3S/c1-5-6(2)17-8(7(5)9(14)15)13-10(16)12-4-3-11/h4H2,1-2H3,(H,14,15)(H2,12,13,16). The normalized spacial score (nSPS) is 9.47. The van der Waals surface area contributed by atoms with Gasteiger partial charge in [0.2, 0.25) is 0 Å². The Hall–Kier alpha value is -2.07. The van der Waals surface area contributed by atoms with Crippen molar-refractivity contribution in [2.45, 2.75) is 13.8 Å². The van der Waals surface area contributed by atoms with E-state index in [9.17, 15) is 9.59 Å². The number of amides is 2. The minimum atomic E-state index is -1.08. The molecule has 90 valence electrons. The molecule has 0 fully saturated rings. The third-order valence-electron chi connectivity index (χ3n) is 2.15. The molecule has 0 spiro atoms. The summed E-state index contributed by atoms with van der Waals surface area (Å²) in [5.41, 5.74) is 0.734. The summed E-state index contributed by atoms with van der Waals surface area (Å²) >= 11 is 1.20. The summed E-state index contributed by atoms with van der Waals surface area (Å²) in [6, 6.07) is 1.17. The van der Waals surface area contributed by atoms with Crippen molar-refractivity contribution in [3.8, 4) is 6.07 Å². The van der Waals surface area contributed by atoms with Gasteiger partial charge in [-0.25, -0.2) is 9.59 Å². The topological polar surface area (TPSA) is 102 Å². The van der Waals surface area contributed by atoms with Gasteiger partial charge in [-0.2, -0.15) is 5.26 Å². The Labute approximate surface area is 102 Å². The maximum atomic E-state index is 11.3. The van der Waals surface area contributed by atoms with Crippen LogP contribution in [0.3, 0.4) is 0 Å². The largest absolute Gasteiger partial charge is 0.478 e. The highest BCUT2D eigenvalue weighted by molar-refractivity contribution is 7.16. The molecule has 0 aliphatic carbocycles. The molecule has 6 nitrogen and oxygen atoms in total. The number of aryl methyl sites for hydroxylation is 1. The van der Waals surface area contributed by atoms with Gasteiger partial charge >= 0.3 is 12.0 Å². The maximum Gasteiger partial charge on any atom is 0.338 e. The van der Waals surface area contributed by atoms with Crippen molar-refractivity contribution >= 4 is 28.3 Å². The first-order valence-electron chi connectivity index (χ1n) is 4.72. The van der Waals surface area contributed by atoms with E-state index in [0.29, 0.717) is 5.56 Å². The summed E-state index contributed by atoms with van der Waals surface area (Å²) in [6.07, 6.45) is 0. The number of nitrogens with zero attached hydrogens (tertiary/aromatic N) is 1. The maximum absolute atomic E-state index is 11.3. The minimum Gasteiger partial charge on any atom is -0.478 e. The second-order valence-electron chi connectivity index (χ2n) is 3.26. The van der Waals surface area contributed by atoms with Crippen LogP contribution in [-0.4, -0.2) is 23.7 Å². The number of carboxylic acids is 1. The van der Waals surface area contributed by atoms with Gasteiger partial charge in [0.05, 0.1) is 11.6 Å². The fraction of sp³-hybridized carbons (Fsp3) is 0.300. The fourth-order valence-electron chi connectivity index (χ4n) is 1.24. The summed E-state index contributed by atoms with van der Waals surface area (Å²) in [5.74, 6) is -1.08. The third kappa shape index (κ3) is 2.95. The Kier molecular flexibility index (Phi) is 4.06. The van der Waals surface area contributed by atoms with Gasteiger partial charge in [0.25, 0.3) is 0 Å². The van der Waals surface area contributed by atoms with Crippen molar-refractivity contribution in [3.05, 3.63) is 16.0 Å². The molecule has 0 bridgehead atoms. The first kappa shape index (κ1) is 13.0. The summed E-state index contributed by atoms with van der Waals surface area (Å²) in [6.45, 7) is 3.34. The van der Waals surface area contributed by atoms with Crippen LogP contribution in [0, 0.1) is 25.2 Å². The number of aromatic carboxylic acids is 1. The van der Waals surface area contributed by atoms with E-state index < -0.39 is 12.0 Å². The Morgan fingerprint density at radius 1 is 1.47 bits per heavy atom. The smallest absolute Gasteiger partial charge is 0.338 e. The lowest BCUT2D eigenvalue weighted by molar-refractivity contribution is 0.0697. The molecular formula is C10H11N3O3S. The zero-order chi connectivity index (χ0) is 13.0. The lowest BCUT2D eigenvalue weighted by Crippen LogP contribution is -2.29. The van der Waals surface area contributed by atoms with E-state index in [2.05, 4.69) is 10.6 Å². The fourth-order valence-corrected chi connectivity index (χ4v) is 2.29. The van der Waals surface area contributed by atoms with Gasteiger partial charge in [0.1, 0.15) is 11.5 Å². The monoisotopic (exact) mass is 253 g/mol. The van der Waals surface area contributed by atoms with Crippen LogP contribution in [0.4, 0.5) is 9.80 Å². The lowest BCUT2D eigenvalue weighted by Gasteiger charge is -2.03. The van der Waals surface area contributed by atoms with Gasteiger partial charge in [-0.1, -0.05) is 0 Å². The predicted molar refractivity (Wildman–Crippen MR) is 63.4 cm³/mol. The van der Waals surface area contributed by atoms with Crippen molar-refractivity contribution in [2.24, 2.45) is 0 Å². The minimum absolute atomic E-state index is 0.0969. The summed E-state index contributed by atoms with van der Waals surface area (Å²) in [4.78, 5) is 23.2. The van der Waals surface area contributed by atoms with Crippen LogP contribution in [0.1, 0.15) is 20.8 Å². The van der Waals surface area contributed by atoms with Crippen molar-refractivity contribution in [1.29, 1.82) is 5.26 Å². The SMILES string of the molecule is Cc1sc(NC(=O)NCC#N)c(C(=O)O)c1C. The molecule has 0 unspecified atom stereocenters. The molecule has 0 aromatic carbocycles. The number of anilines is 1. The number of carboxylic acid groups (broad SMARTS) is 1. The Morgan fingerprint density at radius 2 is 2.12 bits per heavy atom. The molecule has 0 aliphatic rings. The van der Waals surface area contributed by atoms with Crippen LogP contribution in [0.2, 0.25) is 0 Å². The number of rotatable bonds is 3. The van der Waals surface area contributed by atoms with E-state index in [-0.39, 0.29) is 17.1 Å². The molecule has 1 aromatic rings. The third-order valence-corrected chi connectivity index (χ3v) is 3.28. The average molecular weight is 253 g/mol. The molecule has 0 radical (unpaired) electrons. The second kappa shape index (κ2) is 5.32. The Morgan fingerprint density at radius 3 is 2.65 bits per heavy atom. The molecule has 3 N–H and O–H groups in total. The molecule has 1 aromatic heterocycles. The highest BCUT2D eigenvalue weighted by Crippen LogP contribution is 2.32. The zero-order valence-electron chi connectivity index (χ0n) is 9.33. The Bertz CT molecular complexity index is 502. The number of carbonyl (C=O) groups excluding carboxylic acids is 1. The molecule has 0 aliphatic heterocycles. The molecular weight excluding hydrogens is 242 g/mol. The Balaban J connectivity index is 2.92. The number of carbonyl (C=O) groups is 2. The molecule has 1 rings (SSSR count). The van der Waals surface area contributed by atoms with Crippen LogP contribution in [-0.2, 0) is 0 Å². The lowest BCUT2D eigenvalue weighted by atomic mass is 10.1. The second-order valence-corrected chi connectivity index (χ2v) is 4.48. The number of nitrogens with one attached hydrogen (secondary N) is 2. The van der Waals surface area contributed by atoms with Crippen molar-refractivity contribution in [3.63, 3.8) is 0 Å². The van der Waals surface area contributed by atoms with E-state index in [4.69, 9.17) is 10.4 Å². The first-order chi connectivity index (χ1) is 7.97. The van der Waals surface area contributed by atoms with E-state index in [1.54, 1.807) is 19.9 Å². The molecule has 2 amide bonds. The molecule has 0 atom stereocenters. The quantitative estimate of drug-likeness (QED) is 0.713. The number of thiophene rings is 1. The van der Waals surface area contributed by atoms with E-state index in [0.717, 1.165) is 4.88 Å². The predicted octanol–water partition coefficient (Wildman–Crippen LogP) is 1.71. The zero-order valence-corrected chi connectivity index (χ0v) is 10.1. The summed E-state index contributed by atoms with van der Waals surface area (Å²) in [7, 11) is 0. The summed E-state index contributed by atoms with van der Waals surface area (Å²) < 4.78 is 0. The van der Waals surface area contributed by atoms with Crippen LogP contribution < -0.4 is 10.6 Å². The first-order valence-corrected chi connectivity index (χ1v) is 5.54. The molecule has 1 heterocycles. The van der Waals surface area contributed by atoms with Crippen LogP contribution >= 0.6 is 11.3 Å². The highest BCUT2D eigenvalue weighted by Gasteiger charge is 2.19. The van der Waals surface area contributed by atoms with Gasteiger partial charge in [0, 0.05) is 4.88 Å². The molecule has 17 heavy (non-hydrogen) atoms. The van der Waals surface area contributed by atoms with E-state index in [1.807, 2.05) is 0 Å². The van der Waals surface area contributed by atoms with Crippen LogP contribution in [0.5, 0.6) is 0 Å². The number of nitriles is 1. The van der Waals surface area contributed by atoms with Gasteiger partial charge in [-0.15, -0.1) is 11.3 Å². The number of urea groups is 1. The van der Waals surface area contributed by atoms with Gasteiger partial charge in [-0.3, -0.25) is 5.32 Å². The van der Waals surface area contributed by atoms with Crippen molar-refractivity contribution < 1.29 is 14.7 Å². The molecule has 0 saturated heterocycles. The van der Waals surface area contributed by atoms with Crippen LogP contribution in [0.25, 0.3) is 0 Å². The van der Waals surface area contributed by atoms with Crippen molar-refractivity contribution in [1.82, 2.24) is 5.32 Å². The number of hydrogen-bond donors (Lipinski definition) is 3. The van der Waals surface area contributed by atoms with Gasteiger partial charge < -0.3 is 10.4 Å². The highest BCUT2D eigenvalue weighted by atomic mass is 32.1. The van der Waals surface area contributed by atoms with E-state index >= 15 is 0 Å². The molecule has 7 heteroatoms. The van der Waals surface area contributed by atoms with Crippen molar-refractivity contribution in [2.75, 3.05) is 11.9 Å². The van der Waals surface area contributed by atoms with Crippen LogP contribution in [0.15, 0.2) is 0 Å². The van der Waals surface area contributed by atoms with E-state index in [1.165, 1.54) is 11.3 Å². The average Bonchev–Trinajstić information content (AvgIpc) is 2.51. The number of hydrogen-bond acceptors (Lipinski definition) is 4. The summed E-state index contributed by atoms with van der Waals surface area (Å²) in [5, 5.41) is 22.3.